The monoisotopic (exact) mass is 437 g/mol. The maximum Gasteiger partial charge on any atom is 0.261 e. The van der Waals surface area contributed by atoms with E-state index in [0.717, 1.165) is 61.1 Å². The van der Waals surface area contributed by atoms with Crippen molar-refractivity contribution in [2.75, 3.05) is 0 Å². The van der Waals surface area contributed by atoms with Crippen LogP contribution in [0, 0.1) is 0 Å². The first-order valence-corrected chi connectivity index (χ1v) is 11.3. The van der Waals surface area contributed by atoms with Gasteiger partial charge in [0.1, 0.15) is 5.65 Å². The van der Waals surface area contributed by atoms with E-state index in [1.54, 1.807) is 6.20 Å². The average Bonchev–Trinajstić information content (AvgIpc) is 3.56. The molecule has 7 nitrogen and oxygen atoms in total. The summed E-state index contributed by atoms with van der Waals surface area (Å²) in [5, 5.41) is 7.98. The summed E-state index contributed by atoms with van der Waals surface area (Å²) in [4.78, 5) is 30.3. The molecule has 164 valence electrons. The van der Waals surface area contributed by atoms with Gasteiger partial charge in [0, 0.05) is 42.1 Å². The average molecular weight is 438 g/mol. The lowest BCUT2D eigenvalue weighted by atomic mass is 9.99. The molecule has 0 unspecified atom stereocenters. The zero-order valence-corrected chi connectivity index (χ0v) is 18.1. The zero-order valence-electron chi connectivity index (χ0n) is 18.1. The first-order valence-electron chi connectivity index (χ1n) is 11.3. The van der Waals surface area contributed by atoms with Gasteiger partial charge in [-0.25, -0.2) is 4.98 Å². The van der Waals surface area contributed by atoms with Gasteiger partial charge in [-0.1, -0.05) is 30.3 Å². The third-order valence-corrected chi connectivity index (χ3v) is 6.46. The Morgan fingerprint density at radius 1 is 1.00 bits per heavy atom. The van der Waals surface area contributed by atoms with E-state index in [-0.39, 0.29) is 11.8 Å². The van der Waals surface area contributed by atoms with Gasteiger partial charge in [0.15, 0.2) is 0 Å². The number of carbonyl (C=O) groups is 2. The topological polar surface area (TPSA) is 81.8 Å². The molecule has 0 atom stereocenters. The van der Waals surface area contributed by atoms with Crippen molar-refractivity contribution in [1.29, 1.82) is 0 Å². The molecule has 2 amide bonds. The fraction of sp³-hybridized carbons (Fsp3) is 0.231. The second kappa shape index (κ2) is 7.85. The van der Waals surface area contributed by atoms with E-state index in [1.165, 1.54) is 5.56 Å². The van der Waals surface area contributed by atoms with Crippen LogP contribution in [0.2, 0.25) is 0 Å². The number of pyridine rings is 1. The standard InChI is InChI=1S/C26H23N5O2/c32-25-22(23(26(33)28-25)21-15-18-10-6-14-31(18)29-21)20-16-30(24-19(20)11-4-12-27-24)13-5-9-17-7-2-1-3-8-17/h1-4,7-8,11-12,15-16H,5-6,9-10,13-14H2,(H,28,32,33). The Balaban J connectivity index is 1.41. The second-order valence-electron chi connectivity index (χ2n) is 8.58. The van der Waals surface area contributed by atoms with Gasteiger partial charge in [0.25, 0.3) is 11.8 Å². The number of aryl methyl sites for hydroxylation is 4. The Hall–Kier alpha value is -4.00. The van der Waals surface area contributed by atoms with Crippen molar-refractivity contribution in [2.24, 2.45) is 0 Å². The number of benzene rings is 1. The number of hydrogen-bond acceptors (Lipinski definition) is 4. The van der Waals surface area contributed by atoms with Gasteiger partial charge in [0.2, 0.25) is 0 Å². The van der Waals surface area contributed by atoms with Gasteiger partial charge in [-0.15, -0.1) is 0 Å². The summed E-state index contributed by atoms with van der Waals surface area (Å²) in [7, 11) is 0. The second-order valence-corrected chi connectivity index (χ2v) is 8.58. The highest BCUT2D eigenvalue weighted by Gasteiger charge is 2.36. The van der Waals surface area contributed by atoms with E-state index >= 15 is 0 Å². The molecule has 0 spiro atoms. The molecule has 0 bridgehead atoms. The van der Waals surface area contributed by atoms with Crippen molar-refractivity contribution in [1.82, 2.24) is 24.6 Å². The van der Waals surface area contributed by atoms with Gasteiger partial charge in [-0.3, -0.25) is 19.6 Å². The van der Waals surface area contributed by atoms with Crippen LogP contribution in [0.25, 0.3) is 22.2 Å². The lowest BCUT2D eigenvalue weighted by Gasteiger charge is -2.05. The van der Waals surface area contributed by atoms with E-state index in [0.29, 0.717) is 16.8 Å². The predicted molar refractivity (Wildman–Crippen MR) is 125 cm³/mol. The van der Waals surface area contributed by atoms with Crippen LogP contribution in [-0.4, -0.2) is 31.1 Å². The van der Waals surface area contributed by atoms with Crippen molar-refractivity contribution in [3.05, 3.63) is 83.4 Å². The van der Waals surface area contributed by atoms with Gasteiger partial charge in [0.05, 0.1) is 16.8 Å². The highest BCUT2D eigenvalue weighted by Crippen LogP contribution is 2.36. The first-order chi connectivity index (χ1) is 16.2. The fourth-order valence-corrected chi connectivity index (χ4v) is 4.93. The molecule has 0 saturated heterocycles. The van der Waals surface area contributed by atoms with Gasteiger partial charge in [-0.2, -0.15) is 5.10 Å². The normalized spacial score (nSPS) is 15.5. The highest BCUT2D eigenvalue weighted by molar-refractivity contribution is 6.49. The SMILES string of the molecule is O=C1NC(=O)C(c2cn(CCCc3ccccc3)c3ncccc23)=C1c1cc2n(n1)CCC2. The maximum absolute atomic E-state index is 12.9. The van der Waals surface area contributed by atoms with E-state index in [1.807, 2.05) is 35.1 Å². The summed E-state index contributed by atoms with van der Waals surface area (Å²) in [6.45, 7) is 1.61. The Morgan fingerprint density at radius 2 is 1.85 bits per heavy atom. The number of amides is 2. The van der Waals surface area contributed by atoms with E-state index in [9.17, 15) is 9.59 Å². The summed E-state index contributed by atoms with van der Waals surface area (Å²) < 4.78 is 4.02. The van der Waals surface area contributed by atoms with Crippen molar-refractivity contribution in [3.63, 3.8) is 0 Å². The van der Waals surface area contributed by atoms with Crippen LogP contribution in [0.4, 0.5) is 0 Å². The minimum absolute atomic E-state index is 0.356. The first kappa shape index (κ1) is 19.7. The molecule has 2 aliphatic rings. The highest BCUT2D eigenvalue weighted by atomic mass is 16.2. The Morgan fingerprint density at radius 3 is 2.70 bits per heavy atom. The molecule has 33 heavy (non-hydrogen) atoms. The molecular weight excluding hydrogens is 414 g/mol. The molecule has 0 saturated carbocycles. The predicted octanol–water partition coefficient (Wildman–Crippen LogP) is 3.38. The summed E-state index contributed by atoms with van der Waals surface area (Å²) in [6.07, 6.45) is 7.61. The number of aromatic nitrogens is 4. The van der Waals surface area contributed by atoms with Crippen LogP contribution in [0.5, 0.6) is 0 Å². The number of nitrogens with one attached hydrogen (secondary N) is 1. The van der Waals surface area contributed by atoms with Crippen LogP contribution in [0.15, 0.2) is 60.9 Å². The summed E-state index contributed by atoms with van der Waals surface area (Å²) in [6, 6.07) is 16.1. The Labute approximate surface area is 190 Å². The summed E-state index contributed by atoms with van der Waals surface area (Å²) >= 11 is 0. The number of nitrogens with zero attached hydrogens (tertiary/aromatic N) is 4. The number of hydrogen-bond donors (Lipinski definition) is 1. The van der Waals surface area contributed by atoms with Crippen LogP contribution in [0.1, 0.15) is 35.4 Å². The van der Waals surface area contributed by atoms with Crippen molar-refractivity contribution in [2.45, 2.75) is 38.8 Å². The van der Waals surface area contributed by atoms with Crippen molar-refractivity contribution >= 4 is 34.0 Å². The molecule has 7 heteroatoms. The van der Waals surface area contributed by atoms with Crippen LogP contribution >= 0.6 is 0 Å². The molecule has 0 fully saturated rings. The molecule has 6 rings (SSSR count). The summed E-state index contributed by atoms with van der Waals surface area (Å²) in [5.74, 6) is -0.768. The molecular formula is C26H23N5O2. The van der Waals surface area contributed by atoms with E-state index in [4.69, 9.17) is 0 Å². The van der Waals surface area contributed by atoms with Crippen molar-refractivity contribution in [3.8, 4) is 0 Å². The Bertz CT molecular complexity index is 1410. The molecule has 4 aromatic rings. The van der Waals surface area contributed by atoms with Gasteiger partial charge < -0.3 is 4.57 Å². The lowest BCUT2D eigenvalue weighted by Crippen LogP contribution is -2.22. The van der Waals surface area contributed by atoms with Crippen LogP contribution < -0.4 is 5.32 Å². The molecule has 2 aliphatic heterocycles. The molecule has 1 aromatic carbocycles. The van der Waals surface area contributed by atoms with Gasteiger partial charge in [-0.05, 0) is 49.4 Å². The van der Waals surface area contributed by atoms with Gasteiger partial charge >= 0.3 is 0 Å². The quantitative estimate of drug-likeness (QED) is 0.469. The van der Waals surface area contributed by atoms with Crippen LogP contribution in [-0.2, 0) is 35.5 Å². The van der Waals surface area contributed by atoms with E-state index in [2.05, 4.69) is 44.2 Å². The molecule has 1 N–H and O–H groups in total. The zero-order chi connectivity index (χ0) is 22.4. The Kier molecular flexibility index (Phi) is 4.68. The number of fused-ring (bicyclic) bond motifs is 2. The third-order valence-electron chi connectivity index (χ3n) is 6.46. The lowest BCUT2D eigenvalue weighted by molar-refractivity contribution is -0.122. The molecule has 5 heterocycles. The number of rotatable bonds is 6. The minimum atomic E-state index is -0.388. The molecule has 3 aromatic heterocycles. The minimum Gasteiger partial charge on any atom is -0.332 e. The summed E-state index contributed by atoms with van der Waals surface area (Å²) in [5.41, 5.74) is 5.24. The maximum atomic E-state index is 12.9. The third kappa shape index (κ3) is 3.36. The number of carbonyl (C=O) groups excluding carboxylic acids is 2. The number of imide groups is 1. The van der Waals surface area contributed by atoms with E-state index < -0.39 is 0 Å². The smallest absolute Gasteiger partial charge is 0.261 e. The van der Waals surface area contributed by atoms with Crippen LogP contribution in [0.3, 0.4) is 0 Å². The fourth-order valence-electron chi connectivity index (χ4n) is 4.93. The molecule has 0 aliphatic carbocycles. The van der Waals surface area contributed by atoms with Crippen molar-refractivity contribution < 1.29 is 9.59 Å². The largest absolute Gasteiger partial charge is 0.332 e. The molecule has 0 radical (unpaired) electrons.